The highest BCUT2D eigenvalue weighted by atomic mass is 35.5. The largest absolute Gasteiger partial charge is 0.449 e. The number of benzene rings is 2. The Kier molecular flexibility index (Phi) is 6.14. The summed E-state index contributed by atoms with van der Waals surface area (Å²) >= 11 is 6.27. The molecular weight excluding hydrogens is 454 g/mol. The second-order valence-corrected chi connectivity index (χ2v) is 8.32. The molecule has 3 heterocycles. The molecule has 0 bridgehead atoms. The summed E-state index contributed by atoms with van der Waals surface area (Å²) in [6.45, 7) is 2.22. The van der Waals surface area contributed by atoms with Gasteiger partial charge in [0.2, 0.25) is 11.9 Å². The lowest BCUT2D eigenvalue weighted by atomic mass is 10.1. The van der Waals surface area contributed by atoms with Gasteiger partial charge in [0.05, 0.1) is 5.69 Å². The topological polar surface area (TPSA) is 78.9 Å². The predicted molar refractivity (Wildman–Crippen MR) is 130 cm³/mol. The quantitative estimate of drug-likeness (QED) is 0.539. The van der Waals surface area contributed by atoms with E-state index >= 15 is 0 Å². The van der Waals surface area contributed by atoms with Crippen LogP contribution in [0, 0.1) is 0 Å². The van der Waals surface area contributed by atoms with Crippen LogP contribution >= 0.6 is 11.6 Å². The van der Waals surface area contributed by atoms with E-state index in [0.717, 1.165) is 0 Å². The second kappa shape index (κ2) is 9.52. The van der Waals surface area contributed by atoms with E-state index in [1.54, 1.807) is 53.7 Å². The number of anilines is 2. The summed E-state index contributed by atoms with van der Waals surface area (Å²) in [5.41, 5.74) is 1.23. The summed E-state index contributed by atoms with van der Waals surface area (Å²) in [5.74, 6) is 0.769. The van der Waals surface area contributed by atoms with Crippen LogP contribution in [-0.4, -0.2) is 59.4 Å². The Balaban J connectivity index is 1.33. The van der Waals surface area contributed by atoms with Crippen LogP contribution in [0.15, 0.2) is 72.8 Å². The molecule has 34 heavy (non-hydrogen) atoms. The molecule has 2 aliphatic rings. The number of para-hydroxylation sites is 2. The lowest BCUT2D eigenvalue weighted by molar-refractivity contribution is -0.131. The molecule has 1 saturated heterocycles. The molecule has 2 aromatic carbocycles. The lowest BCUT2D eigenvalue weighted by Crippen LogP contribution is -2.53. The van der Waals surface area contributed by atoms with Gasteiger partial charge in [-0.25, -0.2) is 9.97 Å². The number of hydrogen-bond acceptors (Lipinski definition) is 6. The molecule has 0 spiro atoms. The van der Waals surface area contributed by atoms with Gasteiger partial charge in [-0.2, -0.15) is 0 Å². The fourth-order valence-electron chi connectivity index (χ4n) is 4.00. The van der Waals surface area contributed by atoms with E-state index in [2.05, 4.69) is 9.97 Å². The number of rotatable bonds is 4. The molecular formula is C25H22ClN5O3. The molecule has 2 amide bonds. The highest BCUT2D eigenvalue weighted by Gasteiger charge is 2.33. The van der Waals surface area contributed by atoms with E-state index in [4.69, 9.17) is 16.3 Å². The maximum atomic E-state index is 13.4. The first-order valence-electron chi connectivity index (χ1n) is 10.9. The van der Waals surface area contributed by atoms with Crippen LogP contribution in [0.4, 0.5) is 11.6 Å². The maximum absolute atomic E-state index is 13.4. The molecule has 0 radical (unpaired) electrons. The molecule has 9 heteroatoms. The molecule has 1 aromatic heterocycles. The number of halogens is 1. The summed E-state index contributed by atoms with van der Waals surface area (Å²) in [4.78, 5) is 40.4. The van der Waals surface area contributed by atoms with Crippen LogP contribution in [-0.2, 0) is 9.59 Å². The van der Waals surface area contributed by atoms with Gasteiger partial charge in [0.25, 0.3) is 5.91 Å². The van der Waals surface area contributed by atoms with Gasteiger partial charge in [0, 0.05) is 43.6 Å². The number of piperazine rings is 1. The van der Waals surface area contributed by atoms with Crippen molar-refractivity contribution in [2.75, 3.05) is 42.5 Å². The van der Waals surface area contributed by atoms with Crippen molar-refractivity contribution < 1.29 is 14.3 Å². The highest BCUT2D eigenvalue weighted by molar-refractivity contribution is 6.32. The molecule has 1 fully saturated rings. The van der Waals surface area contributed by atoms with Gasteiger partial charge in [0.15, 0.2) is 11.5 Å². The minimum Gasteiger partial charge on any atom is -0.449 e. The molecule has 2 aliphatic heterocycles. The van der Waals surface area contributed by atoms with Gasteiger partial charge in [-0.1, -0.05) is 41.9 Å². The highest BCUT2D eigenvalue weighted by Crippen LogP contribution is 2.36. The maximum Gasteiger partial charge on any atom is 0.294 e. The van der Waals surface area contributed by atoms with E-state index in [0.29, 0.717) is 54.2 Å². The third-order valence-electron chi connectivity index (χ3n) is 5.78. The first-order valence-corrected chi connectivity index (χ1v) is 11.3. The zero-order valence-corrected chi connectivity index (χ0v) is 19.1. The normalized spacial score (nSPS) is 16.9. The van der Waals surface area contributed by atoms with Crippen LogP contribution < -0.4 is 14.5 Å². The van der Waals surface area contributed by atoms with Crippen LogP contribution in [0.1, 0.15) is 5.56 Å². The summed E-state index contributed by atoms with van der Waals surface area (Å²) < 4.78 is 5.89. The van der Waals surface area contributed by atoms with Crippen LogP contribution in [0.5, 0.6) is 5.75 Å². The molecule has 8 nitrogen and oxygen atoms in total. The van der Waals surface area contributed by atoms with E-state index in [1.165, 1.54) is 4.90 Å². The van der Waals surface area contributed by atoms with Crippen molar-refractivity contribution in [2.24, 2.45) is 0 Å². The smallest absolute Gasteiger partial charge is 0.294 e. The summed E-state index contributed by atoms with van der Waals surface area (Å²) in [6.07, 6.45) is 5.01. The first-order chi connectivity index (χ1) is 16.6. The van der Waals surface area contributed by atoms with E-state index < -0.39 is 0 Å². The average Bonchev–Trinajstić information content (AvgIpc) is 2.88. The zero-order valence-electron chi connectivity index (χ0n) is 18.3. The minimum absolute atomic E-state index is 0.0824. The number of carbonyl (C=O) groups excluding carboxylic acids is 2. The monoisotopic (exact) mass is 475 g/mol. The predicted octanol–water partition coefficient (Wildman–Crippen LogP) is 3.25. The Morgan fingerprint density at radius 2 is 1.68 bits per heavy atom. The Morgan fingerprint density at radius 3 is 2.44 bits per heavy atom. The van der Waals surface area contributed by atoms with Crippen molar-refractivity contribution >= 4 is 41.1 Å². The van der Waals surface area contributed by atoms with Gasteiger partial charge in [-0.05, 0) is 35.9 Å². The number of aromatic nitrogens is 2. The van der Waals surface area contributed by atoms with Gasteiger partial charge in [-0.3, -0.25) is 14.5 Å². The number of ether oxygens (including phenoxy) is 1. The van der Waals surface area contributed by atoms with E-state index in [1.807, 2.05) is 29.2 Å². The van der Waals surface area contributed by atoms with Gasteiger partial charge < -0.3 is 14.5 Å². The Morgan fingerprint density at radius 1 is 0.971 bits per heavy atom. The summed E-state index contributed by atoms with van der Waals surface area (Å²) in [7, 11) is 0. The Bertz CT molecular complexity index is 1240. The van der Waals surface area contributed by atoms with Gasteiger partial charge in [0.1, 0.15) is 6.54 Å². The van der Waals surface area contributed by atoms with Crippen molar-refractivity contribution in [3.05, 3.63) is 83.3 Å². The average molecular weight is 476 g/mol. The lowest BCUT2D eigenvalue weighted by Gasteiger charge is -2.36. The van der Waals surface area contributed by atoms with Crippen molar-refractivity contribution in [1.82, 2.24) is 14.9 Å². The molecule has 0 unspecified atom stereocenters. The van der Waals surface area contributed by atoms with Crippen LogP contribution in [0.25, 0.3) is 6.08 Å². The zero-order chi connectivity index (χ0) is 23.5. The van der Waals surface area contributed by atoms with Crippen molar-refractivity contribution in [3.63, 3.8) is 0 Å². The van der Waals surface area contributed by atoms with Gasteiger partial charge in [-0.15, -0.1) is 0 Å². The van der Waals surface area contributed by atoms with Crippen molar-refractivity contribution in [3.8, 4) is 5.75 Å². The van der Waals surface area contributed by atoms with Gasteiger partial charge >= 0.3 is 0 Å². The minimum atomic E-state index is -0.386. The molecule has 0 atom stereocenters. The van der Waals surface area contributed by atoms with Crippen molar-refractivity contribution in [2.45, 2.75) is 0 Å². The summed E-state index contributed by atoms with van der Waals surface area (Å²) in [5, 5.41) is 0.508. The fraction of sp³-hybridized carbons (Fsp3) is 0.200. The molecule has 0 N–H and O–H groups in total. The SMILES string of the molecule is O=C(CN1C(=O)/C(=C\c2ccccc2Cl)Oc2ccccc21)N1CCN(c2ncccn2)CC1. The van der Waals surface area contributed by atoms with Crippen molar-refractivity contribution in [1.29, 1.82) is 0 Å². The molecule has 5 rings (SSSR count). The third-order valence-corrected chi connectivity index (χ3v) is 6.13. The molecule has 0 aliphatic carbocycles. The number of nitrogens with zero attached hydrogens (tertiary/aromatic N) is 5. The molecule has 172 valence electrons. The number of amides is 2. The molecule has 3 aromatic rings. The van der Waals surface area contributed by atoms with E-state index in [-0.39, 0.29) is 24.1 Å². The standard InChI is InChI=1S/C25H22ClN5O3/c26-19-7-2-1-6-18(19)16-22-24(33)31(20-8-3-4-9-21(20)34-22)17-23(32)29-12-14-30(15-13-29)25-27-10-5-11-28-25/h1-11,16H,12-15,17H2/b22-16+. The Hall–Kier alpha value is -3.91. The number of carbonyl (C=O) groups is 2. The number of hydrogen-bond donors (Lipinski definition) is 0. The second-order valence-electron chi connectivity index (χ2n) is 7.91. The fourth-order valence-corrected chi connectivity index (χ4v) is 4.19. The Labute approximate surface area is 202 Å². The van der Waals surface area contributed by atoms with E-state index in [9.17, 15) is 9.59 Å². The third kappa shape index (κ3) is 4.45. The summed E-state index contributed by atoms with van der Waals surface area (Å²) in [6, 6.07) is 16.2. The van der Waals surface area contributed by atoms with Crippen LogP contribution in [0.3, 0.4) is 0 Å². The number of fused-ring (bicyclic) bond motifs is 1. The van der Waals surface area contributed by atoms with Crippen LogP contribution in [0.2, 0.25) is 5.02 Å². The first kappa shape index (κ1) is 21.9. The molecule has 0 saturated carbocycles.